The molecule has 2 saturated carbocycles. The Hall–Kier alpha value is -0.0800. The summed E-state index contributed by atoms with van der Waals surface area (Å²) in [7, 11) is 2.32. The molecule has 2 aliphatic rings. The molecule has 1 N–H and O–H groups in total. The zero-order chi connectivity index (χ0) is 11.8. The van der Waals surface area contributed by atoms with E-state index in [1.165, 1.54) is 38.6 Å². The van der Waals surface area contributed by atoms with Gasteiger partial charge in [-0.25, -0.2) is 0 Å². The van der Waals surface area contributed by atoms with Gasteiger partial charge in [-0.15, -0.1) is 0 Å². The van der Waals surface area contributed by atoms with Crippen LogP contribution in [0.4, 0.5) is 0 Å². The molecule has 0 spiro atoms. The molecule has 0 amide bonds. The maximum absolute atomic E-state index is 3.69. The van der Waals surface area contributed by atoms with Crippen molar-refractivity contribution in [1.29, 1.82) is 0 Å². The van der Waals surface area contributed by atoms with Gasteiger partial charge in [0, 0.05) is 17.6 Å². The molecule has 2 unspecified atom stereocenters. The molecular formula is C14H28N2. The van der Waals surface area contributed by atoms with Crippen molar-refractivity contribution < 1.29 is 0 Å². The summed E-state index contributed by atoms with van der Waals surface area (Å²) in [5.74, 6) is 0.899. The van der Waals surface area contributed by atoms with E-state index in [4.69, 9.17) is 0 Å². The average molecular weight is 224 g/mol. The quantitative estimate of drug-likeness (QED) is 0.746. The van der Waals surface area contributed by atoms with E-state index < -0.39 is 0 Å². The Balaban J connectivity index is 1.79. The highest BCUT2D eigenvalue weighted by atomic mass is 15.2. The lowest BCUT2D eigenvalue weighted by Crippen LogP contribution is -2.56. The van der Waals surface area contributed by atoms with Crippen LogP contribution in [0.3, 0.4) is 0 Å². The minimum atomic E-state index is 0.364. The molecule has 0 aromatic heterocycles. The molecule has 16 heavy (non-hydrogen) atoms. The summed E-state index contributed by atoms with van der Waals surface area (Å²) in [5.41, 5.74) is 0.364. The van der Waals surface area contributed by atoms with Crippen molar-refractivity contribution >= 4 is 0 Å². The second-order valence-corrected chi connectivity index (χ2v) is 6.36. The normalized spacial score (nSPS) is 30.6. The van der Waals surface area contributed by atoms with Gasteiger partial charge in [-0.3, -0.25) is 4.90 Å². The summed E-state index contributed by atoms with van der Waals surface area (Å²) < 4.78 is 0. The van der Waals surface area contributed by atoms with Crippen LogP contribution in [-0.2, 0) is 0 Å². The fourth-order valence-corrected chi connectivity index (χ4v) is 2.60. The Kier molecular flexibility index (Phi) is 3.60. The largest absolute Gasteiger partial charge is 0.314 e. The highest BCUT2D eigenvalue weighted by molar-refractivity contribution is 4.95. The minimum absolute atomic E-state index is 0.364. The van der Waals surface area contributed by atoms with Crippen molar-refractivity contribution in [1.82, 2.24) is 10.2 Å². The summed E-state index contributed by atoms with van der Waals surface area (Å²) in [4.78, 5) is 2.62. The van der Waals surface area contributed by atoms with Gasteiger partial charge in [-0.2, -0.15) is 0 Å². The van der Waals surface area contributed by atoms with Crippen molar-refractivity contribution in [3.63, 3.8) is 0 Å². The Morgan fingerprint density at radius 2 is 1.88 bits per heavy atom. The Labute approximate surface area is 101 Å². The molecular weight excluding hydrogens is 196 g/mol. The Morgan fingerprint density at radius 3 is 2.31 bits per heavy atom. The SMILES string of the molecule is CCC(C)(C)N(C)C1CCC1CNC1CC1. The highest BCUT2D eigenvalue weighted by Gasteiger charge is 2.39. The van der Waals surface area contributed by atoms with Gasteiger partial charge in [0.05, 0.1) is 0 Å². The molecule has 0 aromatic rings. The standard InChI is InChI=1S/C14H28N2/c1-5-14(2,3)16(4)13-9-6-11(13)10-15-12-7-8-12/h11-13,15H,5-10H2,1-4H3. The van der Waals surface area contributed by atoms with Crippen LogP contribution in [0, 0.1) is 5.92 Å². The molecule has 2 atom stereocenters. The van der Waals surface area contributed by atoms with Crippen molar-refractivity contribution in [3.8, 4) is 0 Å². The first kappa shape index (κ1) is 12.4. The van der Waals surface area contributed by atoms with E-state index in [0.29, 0.717) is 5.54 Å². The average Bonchev–Trinajstić information content (AvgIpc) is 3.00. The third kappa shape index (κ3) is 2.60. The van der Waals surface area contributed by atoms with Gasteiger partial charge in [-0.05, 0) is 65.5 Å². The van der Waals surface area contributed by atoms with E-state index in [1.807, 2.05) is 0 Å². The maximum Gasteiger partial charge on any atom is 0.0150 e. The molecule has 2 fully saturated rings. The lowest BCUT2D eigenvalue weighted by Gasteiger charge is -2.49. The molecule has 0 aromatic carbocycles. The van der Waals surface area contributed by atoms with Gasteiger partial charge in [0.25, 0.3) is 0 Å². The van der Waals surface area contributed by atoms with E-state index in [-0.39, 0.29) is 0 Å². The summed E-state index contributed by atoms with van der Waals surface area (Å²) in [5, 5.41) is 3.69. The van der Waals surface area contributed by atoms with Crippen LogP contribution >= 0.6 is 0 Å². The first-order valence-corrected chi connectivity index (χ1v) is 7.01. The first-order valence-electron chi connectivity index (χ1n) is 7.01. The van der Waals surface area contributed by atoms with Gasteiger partial charge < -0.3 is 5.32 Å². The fraction of sp³-hybridized carbons (Fsp3) is 1.00. The predicted molar refractivity (Wildman–Crippen MR) is 69.7 cm³/mol. The van der Waals surface area contributed by atoms with Crippen LogP contribution in [-0.4, -0.2) is 36.1 Å². The number of hydrogen-bond acceptors (Lipinski definition) is 2. The van der Waals surface area contributed by atoms with Crippen LogP contribution < -0.4 is 5.32 Å². The number of nitrogens with zero attached hydrogens (tertiary/aromatic N) is 1. The van der Waals surface area contributed by atoms with Gasteiger partial charge in [0.15, 0.2) is 0 Å². The second-order valence-electron chi connectivity index (χ2n) is 6.36. The van der Waals surface area contributed by atoms with Crippen molar-refractivity contribution in [2.75, 3.05) is 13.6 Å². The van der Waals surface area contributed by atoms with Gasteiger partial charge in [-0.1, -0.05) is 6.92 Å². The zero-order valence-corrected chi connectivity index (χ0v) is 11.4. The summed E-state index contributed by atoms with van der Waals surface area (Å²) in [6.45, 7) is 8.29. The summed E-state index contributed by atoms with van der Waals surface area (Å²) in [6, 6.07) is 1.69. The number of rotatable bonds is 6. The van der Waals surface area contributed by atoms with Crippen LogP contribution in [0.5, 0.6) is 0 Å². The molecule has 0 heterocycles. The third-order valence-electron chi connectivity index (χ3n) is 4.94. The molecule has 2 heteroatoms. The topological polar surface area (TPSA) is 15.3 Å². The zero-order valence-electron chi connectivity index (χ0n) is 11.4. The molecule has 2 rings (SSSR count). The fourth-order valence-electron chi connectivity index (χ4n) is 2.60. The van der Waals surface area contributed by atoms with Crippen LogP contribution in [0.2, 0.25) is 0 Å². The number of hydrogen-bond donors (Lipinski definition) is 1. The van der Waals surface area contributed by atoms with Gasteiger partial charge in [0.1, 0.15) is 0 Å². The lowest BCUT2D eigenvalue weighted by molar-refractivity contribution is 0.00893. The van der Waals surface area contributed by atoms with Gasteiger partial charge >= 0.3 is 0 Å². The molecule has 94 valence electrons. The monoisotopic (exact) mass is 224 g/mol. The first-order chi connectivity index (χ1) is 7.54. The third-order valence-corrected chi connectivity index (χ3v) is 4.94. The molecule has 0 aliphatic heterocycles. The van der Waals surface area contributed by atoms with E-state index in [1.54, 1.807) is 0 Å². The minimum Gasteiger partial charge on any atom is -0.314 e. The van der Waals surface area contributed by atoms with E-state index in [2.05, 4.69) is 38.0 Å². The smallest absolute Gasteiger partial charge is 0.0150 e. The van der Waals surface area contributed by atoms with Crippen molar-refractivity contribution in [2.45, 2.75) is 70.5 Å². The lowest BCUT2D eigenvalue weighted by atomic mass is 9.76. The van der Waals surface area contributed by atoms with Crippen molar-refractivity contribution in [3.05, 3.63) is 0 Å². The maximum atomic E-state index is 3.69. The molecule has 0 saturated heterocycles. The molecule has 2 aliphatic carbocycles. The van der Waals surface area contributed by atoms with E-state index >= 15 is 0 Å². The van der Waals surface area contributed by atoms with Crippen LogP contribution in [0.1, 0.15) is 52.9 Å². The van der Waals surface area contributed by atoms with E-state index in [0.717, 1.165) is 18.0 Å². The van der Waals surface area contributed by atoms with Crippen LogP contribution in [0.25, 0.3) is 0 Å². The van der Waals surface area contributed by atoms with Crippen LogP contribution in [0.15, 0.2) is 0 Å². The predicted octanol–water partition coefficient (Wildman–Crippen LogP) is 2.64. The van der Waals surface area contributed by atoms with E-state index in [9.17, 15) is 0 Å². The Morgan fingerprint density at radius 1 is 1.19 bits per heavy atom. The summed E-state index contributed by atoms with van der Waals surface area (Å²) >= 11 is 0. The molecule has 0 radical (unpaired) electrons. The highest BCUT2D eigenvalue weighted by Crippen LogP contribution is 2.36. The molecule has 2 nitrogen and oxygen atoms in total. The van der Waals surface area contributed by atoms with Crippen molar-refractivity contribution in [2.24, 2.45) is 5.92 Å². The second kappa shape index (κ2) is 4.66. The van der Waals surface area contributed by atoms with Gasteiger partial charge in [0.2, 0.25) is 0 Å². The summed E-state index contributed by atoms with van der Waals surface area (Å²) in [6.07, 6.45) is 6.88. The number of nitrogens with one attached hydrogen (secondary N) is 1. The molecule has 0 bridgehead atoms. The Bertz CT molecular complexity index is 233.